The van der Waals surface area contributed by atoms with Crippen LogP contribution < -0.4 is 10.6 Å². The lowest BCUT2D eigenvalue weighted by atomic mass is 9.98. The molecule has 2 amide bonds. The molecule has 4 rings (SSSR count). The highest BCUT2D eigenvalue weighted by atomic mass is 16.5. The molecule has 3 N–H and O–H groups in total. The molecule has 2 unspecified atom stereocenters. The van der Waals surface area contributed by atoms with E-state index in [4.69, 9.17) is 9.47 Å². The van der Waals surface area contributed by atoms with Gasteiger partial charge in [0.05, 0.1) is 12.0 Å². The van der Waals surface area contributed by atoms with Crippen molar-refractivity contribution in [3.63, 3.8) is 0 Å². The Labute approximate surface area is 198 Å². The quantitative estimate of drug-likeness (QED) is 0.550. The molecule has 0 heterocycles. The number of methoxy groups -OCH3 is 1. The highest BCUT2D eigenvalue weighted by Crippen LogP contribution is 2.44. The molecule has 0 bridgehead atoms. The molecule has 1 fully saturated rings. The number of carboxylic acids is 1. The number of rotatable bonds is 8. The molecular formula is C26H30N2O6. The third-order valence-electron chi connectivity index (χ3n) is 6.90. The van der Waals surface area contributed by atoms with Gasteiger partial charge in [0, 0.05) is 19.1 Å². The van der Waals surface area contributed by atoms with Crippen molar-refractivity contribution in [3.05, 3.63) is 59.7 Å². The average molecular weight is 467 g/mol. The predicted molar refractivity (Wildman–Crippen MR) is 125 cm³/mol. The molecule has 34 heavy (non-hydrogen) atoms. The molecule has 0 saturated heterocycles. The van der Waals surface area contributed by atoms with Gasteiger partial charge in [-0.05, 0) is 42.0 Å². The summed E-state index contributed by atoms with van der Waals surface area (Å²) in [5.41, 5.74) is 4.44. The second kappa shape index (κ2) is 10.3. The molecule has 180 valence electrons. The Morgan fingerprint density at radius 1 is 1.03 bits per heavy atom. The zero-order valence-corrected chi connectivity index (χ0v) is 19.3. The van der Waals surface area contributed by atoms with Crippen LogP contribution in [0, 0.1) is 5.92 Å². The number of nitrogens with one attached hydrogen (secondary N) is 2. The molecule has 2 aliphatic carbocycles. The van der Waals surface area contributed by atoms with Crippen molar-refractivity contribution in [3.8, 4) is 11.1 Å². The van der Waals surface area contributed by atoms with Crippen LogP contribution in [0.15, 0.2) is 48.5 Å². The van der Waals surface area contributed by atoms with Gasteiger partial charge in [-0.3, -0.25) is 9.59 Å². The Bertz CT molecular complexity index is 1030. The van der Waals surface area contributed by atoms with Crippen molar-refractivity contribution in [2.75, 3.05) is 13.7 Å². The fraction of sp³-hybridized carbons (Fsp3) is 0.423. The van der Waals surface area contributed by atoms with Crippen LogP contribution in [-0.2, 0) is 19.1 Å². The lowest BCUT2D eigenvalue weighted by molar-refractivity contribution is -0.142. The second-order valence-corrected chi connectivity index (χ2v) is 8.88. The van der Waals surface area contributed by atoms with E-state index in [1.807, 2.05) is 36.4 Å². The van der Waals surface area contributed by atoms with E-state index in [9.17, 15) is 19.5 Å². The van der Waals surface area contributed by atoms with Crippen LogP contribution in [0.5, 0.6) is 0 Å². The minimum Gasteiger partial charge on any atom is -0.481 e. The van der Waals surface area contributed by atoms with E-state index in [0.717, 1.165) is 28.7 Å². The molecule has 2 aromatic rings. The van der Waals surface area contributed by atoms with Crippen LogP contribution >= 0.6 is 0 Å². The summed E-state index contributed by atoms with van der Waals surface area (Å²) in [5, 5.41) is 14.8. The zero-order chi connectivity index (χ0) is 24.2. The summed E-state index contributed by atoms with van der Waals surface area (Å²) < 4.78 is 10.9. The van der Waals surface area contributed by atoms with Gasteiger partial charge in [-0.2, -0.15) is 0 Å². The largest absolute Gasteiger partial charge is 0.481 e. The zero-order valence-electron chi connectivity index (χ0n) is 19.3. The van der Waals surface area contributed by atoms with E-state index < -0.39 is 42.1 Å². The Balaban J connectivity index is 1.41. The average Bonchev–Trinajstić information content (AvgIpc) is 3.43. The molecule has 8 heteroatoms. The number of hydrogen-bond acceptors (Lipinski definition) is 5. The van der Waals surface area contributed by atoms with E-state index in [-0.39, 0.29) is 12.5 Å². The smallest absolute Gasteiger partial charge is 0.407 e. The first-order valence-electron chi connectivity index (χ1n) is 11.6. The van der Waals surface area contributed by atoms with Crippen molar-refractivity contribution < 1.29 is 29.0 Å². The number of carbonyl (C=O) groups excluding carboxylic acids is 2. The monoisotopic (exact) mass is 466 g/mol. The number of benzene rings is 2. The molecule has 2 aliphatic rings. The van der Waals surface area contributed by atoms with Gasteiger partial charge in [0.25, 0.3) is 0 Å². The SMILES string of the molecule is COC(C)C(NC(=O)OCC1c2ccccc2-c2ccccc21)C(=O)N[C@H]1CCC[C@H]1C(=O)O. The van der Waals surface area contributed by atoms with Gasteiger partial charge in [-0.15, -0.1) is 0 Å². The van der Waals surface area contributed by atoms with E-state index in [1.54, 1.807) is 6.92 Å². The van der Waals surface area contributed by atoms with Crippen LogP contribution in [-0.4, -0.2) is 55.0 Å². The van der Waals surface area contributed by atoms with Crippen molar-refractivity contribution >= 4 is 18.0 Å². The first-order valence-corrected chi connectivity index (χ1v) is 11.6. The fourth-order valence-electron chi connectivity index (χ4n) is 5.00. The number of hydrogen-bond donors (Lipinski definition) is 3. The molecule has 2 aromatic carbocycles. The van der Waals surface area contributed by atoms with E-state index in [0.29, 0.717) is 12.8 Å². The highest BCUT2D eigenvalue weighted by molar-refractivity contribution is 5.87. The Hall–Kier alpha value is -3.39. The van der Waals surface area contributed by atoms with E-state index in [1.165, 1.54) is 7.11 Å². The number of aliphatic carboxylic acids is 1. The Morgan fingerprint density at radius 2 is 1.65 bits per heavy atom. The topological polar surface area (TPSA) is 114 Å². The molecule has 0 radical (unpaired) electrons. The normalized spacial score (nSPS) is 20.6. The number of fused-ring (bicyclic) bond motifs is 3. The number of carbonyl (C=O) groups is 3. The maximum atomic E-state index is 12.9. The minimum absolute atomic E-state index is 0.0971. The first-order chi connectivity index (χ1) is 16.4. The third kappa shape index (κ3) is 4.77. The van der Waals surface area contributed by atoms with Crippen molar-refractivity contribution in [1.82, 2.24) is 10.6 Å². The maximum Gasteiger partial charge on any atom is 0.407 e. The van der Waals surface area contributed by atoms with Crippen LogP contribution in [0.4, 0.5) is 4.79 Å². The van der Waals surface area contributed by atoms with Crippen molar-refractivity contribution in [2.24, 2.45) is 5.92 Å². The van der Waals surface area contributed by atoms with Gasteiger partial charge in [0.15, 0.2) is 0 Å². The summed E-state index contributed by atoms with van der Waals surface area (Å²) >= 11 is 0. The van der Waals surface area contributed by atoms with Gasteiger partial charge in [-0.25, -0.2) is 4.79 Å². The van der Waals surface area contributed by atoms with Gasteiger partial charge in [0.1, 0.15) is 12.6 Å². The first kappa shape index (κ1) is 23.8. The summed E-state index contributed by atoms with van der Waals surface area (Å²) in [7, 11) is 1.44. The summed E-state index contributed by atoms with van der Waals surface area (Å²) in [5.74, 6) is -2.14. The minimum atomic E-state index is -1.02. The molecule has 4 atom stereocenters. The molecule has 0 aromatic heterocycles. The van der Waals surface area contributed by atoms with Gasteiger partial charge in [-0.1, -0.05) is 55.0 Å². The maximum absolute atomic E-state index is 12.9. The van der Waals surface area contributed by atoms with Crippen LogP contribution in [0.2, 0.25) is 0 Å². The Kier molecular flexibility index (Phi) is 7.17. The molecule has 0 aliphatic heterocycles. The summed E-state index contributed by atoms with van der Waals surface area (Å²) in [6, 6.07) is 14.6. The number of amides is 2. The second-order valence-electron chi connectivity index (χ2n) is 8.88. The van der Waals surface area contributed by atoms with Crippen molar-refractivity contribution in [2.45, 2.75) is 50.3 Å². The summed E-state index contributed by atoms with van der Waals surface area (Å²) in [4.78, 5) is 37.1. The van der Waals surface area contributed by atoms with Gasteiger partial charge in [0.2, 0.25) is 5.91 Å². The predicted octanol–water partition coefficient (Wildman–Crippen LogP) is 3.30. The molecule has 0 spiro atoms. The van der Waals surface area contributed by atoms with E-state index in [2.05, 4.69) is 22.8 Å². The lowest BCUT2D eigenvalue weighted by Crippen LogP contribution is -2.55. The van der Waals surface area contributed by atoms with Crippen LogP contribution in [0.25, 0.3) is 11.1 Å². The van der Waals surface area contributed by atoms with Gasteiger partial charge < -0.3 is 25.2 Å². The van der Waals surface area contributed by atoms with Crippen molar-refractivity contribution in [1.29, 1.82) is 0 Å². The van der Waals surface area contributed by atoms with Gasteiger partial charge >= 0.3 is 12.1 Å². The molecule has 1 saturated carbocycles. The summed E-state index contributed by atoms with van der Waals surface area (Å²) in [6.07, 6.45) is 0.468. The third-order valence-corrected chi connectivity index (χ3v) is 6.90. The standard InChI is InChI=1S/C26H30N2O6/c1-15(33-2)23(24(29)27-22-13-7-12-20(22)25(30)31)28-26(32)34-14-21-18-10-5-3-8-16(18)17-9-4-6-11-19(17)21/h3-6,8-11,15,20-23H,7,12-14H2,1-2H3,(H,27,29)(H,28,32)(H,30,31)/t15?,20-,22+,23?/m1/s1. The molecular weight excluding hydrogens is 436 g/mol. The summed E-state index contributed by atoms with van der Waals surface area (Å²) in [6.45, 7) is 1.79. The van der Waals surface area contributed by atoms with Crippen LogP contribution in [0.3, 0.4) is 0 Å². The highest BCUT2D eigenvalue weighted by Gasteiger charge is 2.37. The Morgan fingerprint density at radius 3 is 2.24 bits per heavy atom. The fourth-order valence-corrected chi connectivity index (χ4v) is 5.00. The number of carboxylic acid groups (broad SMARTS) is 1. The molecule has 8 nitrogen and oxygen atoms in total. The lowest BCUT2D eigenvalue weighted by Gasteiger charge is -2.26. The number of alkyl carbamates (subject to hydrolysis) is 1. The van der Waals surface area contributed by atoms with Crippen LogP contribution in [0.1, 0.15) is 43.2 Å². The number of ether oxygens (including phenoxy) is 2. The van der Waals surface area contributed by atoms with E-state index >= 15 is 0 Å².